The molecule has 0 amide bonds. The van der Waals surface area contributed by atoms with E-state index in [2.05, 4.69) is 76.4 Å². The first kappa shape index (κ1) is 28.8. The van der Waals surface area contributed by atoms with Crippen LogP contribution in [-0.4, -0.2) is 77.6 Å². The predicted molar refractivity (Wildman–Crippen MR) is 147 cm³/mol. The Bertz CT molecular complexity index is 768. The molecular weight excluding hydrogens is 454 g/mol. The molecule has 0 bridgehead atoms. The number of hydrogen-bond acceptors (Lipinski definition) is 6. The van der Waals surface area contributed by atoms with E-state index in [0.717, 1.165) is 58.3 Å². The van der Waals surface area contributed by atoms with E-state index in [4.69, 9.17) is 13.3 Å². The van der Waals surface area contributed by atoms with Crippen molar-refractivity contribution in [3.8, 4) is 0 Å². The Labute approximate surface area is 213 Å². The molecule has 7 heteroatoms. The monoisotopic (exact) mass is 497 g/mol. The molecule has 0 saturated carbocycles. The fourth-order valence-corrected chi connectivity index (χ4v) is 5.76. The second-order valence-electron chi connectivity index (χ2n) is 8.52. The summed E-state index contributed by atoms with van der Waals surface area (Å²) in [7, 11) is 2.45. The van der Waals surface area contributed by atoms with Crippen molar-refractivity contribution in [2.45, 2.75) is 25.6 Å². The van der Waals surface area contributed by atoms with Gasteiger partial charge in [0.25, 0.3) is 0 Å². The molecule has 0 radical (unpaired) electrons. The van der Waals surface area contributed by atoms with E-state index < -0.39 is 8.80 Å². The molecule has 192 valence electrons. The lowest BCUT2D eigenvalue weighted by molar-refractivity contribution is 0.120. The van der Waals surface area contributed by atoms with Crippen LogP contribution >= 0.6 is 0 Å². The van der Waals surface area contributed by atoms with Gasteiger partial charge in [-0.1, -0.05) is 73.8 Å². The van der Waals surface area contributed by atoms with E-state index >= 15 is 0 Å². The fraction of sp³-hybridized carbons (Fsp3) is 0.429. The van der Waals surface area contributed by atoms with Crippen LogP contribution in [0, 0.1) is 0 Å². The largest absolute Gasteiger partial charge is 0.500 e. The molecule has 0 aliphatic heterocycles. The molecule has 0 atom stereocenters. The van der Waals surface area contributed by atoms with Gasteiger partial charge in [-0.15, -0.1) is 0 Å². The van der Waals surface area contributed by atoms with E-state index in [0.29, 0.717) is 0 Å². The number of rotatable bonds is 19. The number of nitrogens with zero attached hydrogens (tertiary/aromatic N) is 3. The second-order valence-corrected chi connectivity index (χ2v) is 11.6. The zero-order chi connectivity index (χ0) is 25.4. The van der Waals surface area contributed by atoms with Crippen molar-refractivity contribution < 1.29 is 13.3 Å². The van der Waals surface area contributed by atoms with Crippen LogP contribution in [0.3, 0.4) is 0 Å². The minimum atomic E-state index is -2.57. The molecule has 0 fully saturated rings. The molecule has 2 rings (SSSR count). The van der Waals surface area contributed by atoms with Crippen molar-refractivity contribution >= 4 is 8.80 Å². The third-order valence-electron chi connectivity index (χ3n) is 6.27. The number of hydrogen-bond donors (Lipinski definition) is 0. The standard InChI is InChI=1S/C28H43N3O3Si/c1-6-29(25-27-15-10-8-11-16-27)20-22-31(19-14-24-35(32-3,33-4)34-5)23-21-30(7-2)26-28-17-12-9-13-18-28/h6-13,15-18H,1-2,14,19-26H2,3-5H3. The maximum Gasteiger partial charge on any atom is 0.500 e. The van der Waals surface area contributed by atoms with Crippen molar-refractivity contribution in [2.24, 2.45) is 0 Å². The van der Waals surface area contributed by atoms with Gasteiger partial charge in [0.15, 0.2) is 0 Å². The summed E-state index contributed by atoms with van der Waals surface area (Å²) in [4.78, 5) is 7.05. The maximum atomic E-state index is 5.61. The molecule has 0 N–H and O–H groups in total. The van der Waals surface area contributed by atoms with Crippen LogP contribution in [0.25, 0.3) is 0 Å². The molecule has 0 aliphatic carbocycles. The van der Waals surface area contributed by atoms with Gasteiger partial charge < -0.3 is 23.1 Å². The lowest BCUT2D eigenvalue weighted by Crippen LogP contribution is -2.44. The number of benzene rings is 2. The zero-order valence-electron chi connectivity index (χ0n) is 21.8. The van der Waals surface area contributed by atoms with Gasteiger partial charge >= 0.3 is 8.80 Å². The maximum absolute atomic E-state index is 5.61. The molecule has 0 saturated heterocycles. The van der Waals surface area contributed by atoms with Crippen LogP contribution in [0.1, 0.15) is 17.5 Å². The average molecular weight is 498 g/mol. The SMILES string of the molecule is C=CN(CCN(CCC[Si](OC)(OC)OC)CCN(C=C)Cc1ccccc1)Cc1ccccc1. The van der Waals surface area contributed by atoms with Crippen molar-refractivity contribution in [1.29, 1.82) is 0 Å². The Morgan fingerprint density at radius 3 is 1.46 bits per heavy atom. The Morgan fingerprint density at radius 1 is 0.657 bits per heavy atom. The quantitative estimate of drug-likeness (QED) is 0.258. The summed E-state index contributed by atoms with van der Waals surface area (Å²) in [5.41, 5.74) is 2.58. The van der Waals surface area contributed by atoms with Gasteiger partial charge in [-0.3, -0.25) is 4.90 Å². The van der Waals surface area contributed by atoms with Crippen molar-refractivity contribution in [1.82, 2.24) is 14.7 Å². The second kappa shape index (κ2) is 16.3. The van der Waals surface area contributed by atoms with Crippen LogP contribution in [0.15, 0.2) is 86.2 Å². The zero-order valence-corrected chi connectivity index (χ0v) is 22.8. The van der Waals surface area contributed by atoms with Gasteiger partial charge in [-0.25, -0.2) is 0 Å². The van der Waals surface area contributed by atoms with Crippen molar-refractivity contribution in [3.63, 3.8) is 0 Å². The van der Waals surface area contributed by atoms with Crippen LogP contribution in [0.5, 0.6) is 0 Å². The molecule has 2 aromatic rings. The van der Waals surface area contributed by atoms with E-state index in [1.165, 1.54) is 11.1 Å². The van der Waals surface area contributed by atoms with Crippen molar-refractivity contribution in [3.05, 3.63) is 97.3 Å². The van der Waals surface area contributed by atoms with Gasteiger partial charge in [-0.05, 0) is 36.5 Å². The minimum Gasteiger partial charge on any atom is -0.377 e. The molecule has 0 aromatic heterocycles. The summed E-state index contributed by atoms with van der Waals surface area (Å²) in [6.07, 6.45) is 4.83. The van der Waals surface area contributed by atoms with Crippen molar-refractivity contribution in [2.75, 3.05) is 54.1 Å². The topological polar surface area (TPSA) is 37.4 Å². The lowest BCUT2D eigenvalue weighted by Gasteiger charge is -2.30. The fourth-order valence-electron chi connectivity index (χ4n) is 4.06. The van der Waals surface area contributed by atoms with Gasteiger partial charge in [0.1, 0.15) is 0 Å². The molecule has 0 heterocycles. The molecular formula is C28H43N3O3Si. The molecule has 0 aliphatic rings. The lowest BCUT2D eigenvalue weighted by atomic mass is 10.2. The summed E-state index contributed by atoms with van der Waals surface area (Å²) in [5, 5.41) is 0. The van der Waals surface area contributed by atoms with Crippen LogP contribution < -0.4 is 0 Å². The van der Waals surface area contributed by atoms with Crippen LogP contribution in [0.2, 0.25) is 6.04 Å². The Balaban J connectivity index is 1.97. The molecule has 0 unspecified atom stereocenters. The third kappa shape index (κ3) is 10.4. The van der Waals surface area contributed by atoms with Crippen LogP contribution in [-0.2, 0) is 26.4 Å². The van der Waals surface area contributed by atoms with E-state index in [-0.39, 0.29) is 0 Å². The molecule has 2 aromatic carbocycles. The van der Waals surface area contributed by atoms with E-state index in [9.17, 15) is 0 Å². The van der Waals surface area contributed by atoms with Gasteiger partial charge in [0.05, 0.1) is 0 Å². The summed E-state index contributed by atoms with van der Waals surface area (Å²) in [6.45, 7) is 14.4. The third-order valence-corrected chi connectivity index (χ3v) is 9.10. The van der Waals surface area contributed by atoms with Gasteiger partial charge in [0.2, 0.25) is 0 Å². The van der Waals surface area contributed by atoms with Crippen LogP contribution in [0.4, 0.5) is 0 Å². The van der Waals surface area contributed by atoms with E-state index in [1.807, 2.05) is 24.5 Å². The summed E-state index contributed by atoms with van der Waals surface area (Å²) >= 11 is 0. The predicted octanol–water partition coefficient (Wildman–Crippen LogP) is 4.85. The highest BCUT2D eigenvalue weighted by atomic mass is 28.4. The first-order valence-corrected chi connectivity index (χ1v) is 14.2. The Hall–Kier alpha value is -2.42. The first-order chi connectivity index (χ1) is 17.1. The Morgan fingerprint density at radius 2 is 1.09 bits per heavy atom. The summed E-state index contributed by atoms with van der Waals surface area (Å²) in [5.74, 6) is 0. The average Bonchev–Trinajstić information content (AvgIpc) is 2.92. The molecule has 35 heavy (non-hydrogen) atoms. The normalized spacial score (nSPS) is 11.4. The summed E-state index contributed by atoms with van der Waals surface area (Å²) < 4.78 is 16.8. The highest BCUT2D eigenvalue weighted by Crippen LogP contribution is 2.16. The highest BCUT2D eigenvalue weighted by Gasteiger charge is 2.37. The highest BCUT2D eigenvalue weighted by molar-refractivity contribution is 6.60. The summed E-state index contributed by atoms with van der Waals surface area (Å²) in [6, 6.07) is 21.8. The molecule has 0 spiro atoms. The molecule has 6 nitrogen and oxygen atoms in total. The van der Waals surface area contributed by atoms with Gasteiger partial charge in [0, 0.05) is 66.6 Å². The minimum absolute atomic E-state index is 0.789. The van der Waals surface area contributed by atoms with E-state index in [1.54, 1.807) is 21.3 Å². The smallest absolute Gasteiger partial charge is 0.377 e. The van der Waals surface area contributed by atoms with Gasteiger partial charge in [-0.2, -0.15) is 0 Å². The first-order valence-electron chi connectivity index (χ1n) is 12.3. The Kier molecular flexibility index (Phi) is 13.4.